The van der Waals surface area contributed by atoms with Crippen LogP contribution in [0.3, 0.4) is 0 Å². The lowest BCUT2D eigenvalue weighted by molar-refractivity contribution is 0.974. The third-order valence-electron chi connectivity index (χ3n) is 2.35. The summed E-state index contributed by atoms with van der Waals surface area (Å²) in [7, 11) is 0. The average molecular weight is 226 g/mol. The molecule has 0 aliphatic heterocycles. The lowest BCUT2D eigenvalue weighted by Gasteiger charge is -1.98. The second-order valence-corrected chi connectivity index (χ2v) is 5.01. The Labute approximate surface area is 92.5 Å². The second kappa shape index (κ2) is 3.89. The number of aryl methyl sites for hydroxylation is 1. The molecule has 0 amide bonds. The fourth-order valence-electron chi connectivity index (χ4n) is 1.70. The van der Waals surface area contributed by atoms with Crippen LogP contribution in [-0.4, -0.2) is 6.54 Å². The van der Waals surface area contributed by atoms with Gasteiger partial charge in [0.25, 0.3) is 0 Å². The number of benzene rings is 1. The summed E-state index contributed by atoms with van der Waals surface area (Å²) in [6, 6.07) is 6.05. The van der Waals surface area contributed by atoms with Gasteiger partial charge in [-0.25, -0.2) is 0 Å². The molecule has 2 rings (SSSR count). The van der Waals surface area contributed by atoms with Crippen LogP contribution in [0.5, 0.6) is 0 Å². The smallest absolute Gasteiger partial charge is 0.0413 e. The first-order valence-electron chi connectivity index (χ1n) is 4.60. The molecule has 3 heteroatoms. The Bertz CT molecular complexity index is 462. The van der Waals surface area contributed by atoms with Gasteiger partial charge < -0.3 is 5.73 Å². The van der Waals surface area contributed by atoms with Gasteiger partial charge in [-0.15, -0.1) is 11.3 Å². The van der Waals surface area contributed by atoms with E-state index in [1.165, 1.54) is 20.5 Å². The molecule has 1 heterocycles. The van der Waals surface area contributed by atoms with E-state index in [2.05, 4.69) is 13.0 Å². The van der Waals surface area contributed by atoms with Crippen molar-refractivity contribution in [1.29, 1.82) is 0 Å². The van der Waals surface area contributed by atoms with E-state index in [-0.39, 0.29) is 0 Å². The van der Waals surface area contributed by atoms with E-state index in [0.29, 0.717) is 6.54 Å². The second-order valence-electron chi connectivity index (χ2n) is 3.32. The first kappa shape index (κ1) is 9.97. The number of fused-ring (bicyclic) bond motifs is 1. The van der Waals surface area contributed by atoms with Crippen molar-refractivity contribution in [1.82, 2.24) is 0 Å². The van der Waals surface area contributed by atoms with Crippen LogP contribution in [0.1, 0.15) is 10.4 Å². The van der Waals surface area contributed by atoms with Crippen molar-refractivity contribution in [3.8, 4) is 0 Å². The van der Waals surface area contributed by atoms with Gasteiger partial charge in [0.2, 0.25) is 0 Å². The maximum atomic E-state index is 5.97. The quantitative estimate of drug-likeness (QED) is 0.834. The highest BCUT2D eigenvalue weighted by Crippen LogP contribution is 2.32. The average Bonchev–Trinajstić information content (AvgIpc) is 2.45. The van der Waals surface area contributed by atoms with Gasteiger partial charge in [-0.2, -0.15) is 0 Å². The molecule has 0 radical (unpaired) electrons. The van der Waals surface area contributed by atoms with Crippen LogP contribution in [0.15, 0.2) is 18.2 Å². The van der Waals surface area contributed by atoms with Crippen LogP contribution in [-0.2, 0) is 6.42 Å². The Hall–Kier alpha value is -0.570. The van der Waals surface area contributed by atoms with Crippen molar-refractivity contribution in [2.24, 2.45) is 5.73 Å². The van der Waals surface area contributed by atoms with Gasteiger partial charge in [-0.1, -0.05) is 11.6 Å². The molecule has 0 aliphatic carbocycles. The summed E-state index contributed by atoms with van der Waals surface area (Å²) in [4.78, 5) is 1.35. The predicted molar refractivity (Wildman–Crippen MR) is 64.3 cm³/mol. The van der Waals surface area contributed by atoms with Crippen LogP contribution >= 0.6 is 22.9 Å². The minimum absolute atomic E-state index is 0.694. The van der Waals surface area contributed by atoms with Gasteiger partial charge in [0.15, 0.2) is 0 Å². The summed E-state index contributed by atoms with van der Waals surface area (Å²) in [6.07, 6.45) is 0.937. The molecule has 0 saturated heterocycles. The standard InChI is InChI=1S/C11H12ClNS/c1-7-9(4-5-13)10-6-8(12)2-3-11(10)14-7/h2-3,6H,4-5,13H2,1H3. The summed E-state index contributed by atoms with van der Waals surface area (Å²) < 4.78 is 1.30. The van der Waals surface area contributed by atoms with Crippen molar-refractivity contribution < 1.29 is 0 Å². The van der Waals surface area contributed by atoms with E-state index in [1.54, 1.807) is 0 Å². The monoisotopic (exact) mass is 225 g/mol. The number of nitrogens with two attached hydrogens (primary N) is 1. The van der Waals surface area contributed by atoms with E-state index in [1.807, 2.05) is 23.5 Å². The Morgan fingerprint density at radius 2 is 2.21 bits per heavy atom. The zero-order valence-corrected chi connectivity index (χ0v) is 9.58. The maximum Gasteiger partial charge on any atom is 0.0413 e. The summed E-state index contributed by atoms with van der Waals surface area (Å²) in [6.45, 7) is 2.84. The van der Waals surface area contributed by atoms with Gasteiger partial charge in [-0.3, -0.25) is 0 Å². The molecule has 0 aliphatic rings. The summed E-state index contributed by atoms with van der Waals surface area (Å²) in [5, 5.41) is 2.07. The topological polar surface area (TPSA) is 26.0 Å². The Morgan fingerprint density at radius 1 is 1.43 bits per heavy atom. The molecule has 2 aromatic rings. The molecule has 74 valence electrons. The van der Waals surface area contributed by atoms with Crippen LogP contribution in [0, 0.1) is 6.92 Å². The van der Waals surface area contributed by atoms with Gasteiger partial charge in [0, 0.05) is 14.6 Å². The van der Waals surface area contributed by atoms with Gasteiger partial charge >= 0.3 is 0 Å². The molecule has 1 aromatic heterocycles. The SMILES string of the molecule is Cc1sc2ccc(Cl)cc2c1CCN. The molecule has 0 saturated carbocycles. The fraction of sp³-hybridized carbons (Fsp3) is 0.273. The molecule has 0 atom stereocenters. The maximum absolute atomic E-state index is 5.97. The van der Waals surface area contributed by atoms with E-state index >= 15 is 0 Å². The van der Waals surface area contributed by atoms with Crippen molar-refractivity contribution >= 4 is 33.0 Å². The first-order chi connectivity index (χ1) is 6.72. The fourth-order valence-corrected chi connectivity index (χ4v) is 2.96. The van der Waals surface area contributed by atoms with E-state index < -0.39 is 0 Å². The van der Waals surface area contributed by atoms with E-state index in [4.69, 9.17) is 17.3 Å². The molecule has 0 spiro atoms. The van der Waals surface area contributed by atoms with Crippen LogP contribution in [0.2, 0.25) is 5.02 Å². The zero-order valence-electron chi connectivity index (χ0n) is 8.01. The third-order valence-corrected chi connectivity index (χ3v) is 3.71. The van der Waals surface area contributed by atoms with Crippen LogP contribution < -0.4 is 5.73 Å². The van der Waals surface area contributed by atoms with E-state index in [9.17, 15) is 0 Å². The first-order valence-corrected chi connectivity index (χ1v) is 5.79. The Morgan fingerprint density at radius 3 is 2.93 bits per heavy atom. The van der Waals surface area contributed by atoms with Crippen LogP contribution in [0.25, 0.3) is 10.1 Å². The third kappa shape index (κ3) is 1.65. The Balaban J connectivity index is 2.66. The molecule has 2 N–H and O–H groups in total. The number of thiophene rings is 1. The largest absolute Gasteiger partial charge is 0.330 e. The normalized spacial score (nSPS) is 11.1. The highest BCUT2D eigenvalue weighted by molar-refractivity contribution is 7.19. The minimum atomic E-state index is 0.694. The van der Waals surface area contributed by atoms with Crippen molar-refractivity contribution in [3.05, 3.63) is 33.7 Å². The molecule has 14 heavy (non-hydrogen) atoms. The zero-order chi connectivity index (χ0) is 10.1. The van der Waals surface area contributed by atoms with Gasteiger partial charge in [0.05, 0.1) is 0 Å². The van der Waals surface area contributed by atoms with Gasteiger partial charge in [0.1, 0.15) is 0 Å². The molecule has 1 aromatic carbocycles. The molecular formula is C11H12ClNS. The highest BCUT2D eigenvalue weighted by Gasteiger charge is 2.08. The van der Waals surface area contributed by atoms with Crippen molar-refractivity contribution in [2.75, 3.05) is 6.54 Å². The van der Waals surface area contributed by atoms with Crippen molar-refractivity contribution in [2.45, 2.75) is 13.3 Å². The number of hydrogen-bond acceptors (Lipinski definition) is 2. The van der Waals surface area contributed by atoms with Crippen molar-refractivity contribution in [3.63, 3.8) is 0 Å². The molecule has 0 unspecified atom stereocenters. The number of halogens is 1. The molecule has 0 fully saturated rings. The van der Waals surface area contributed by atoms with E-state index in [0.717, 1.165) is 11.4 Å². The number of rotatable bonds is 2. The lowest BCUT2D eigenvalue weighted by Crippen LogP contribution is -2.02. The molecule has 1 nitrogen and oxygen atoms in total. The summed E-state index contributed by atoms with van der Waals surface area (Å²) >= 11 is 7.79. The lowest BCUT2D eigenvalue weighted by atomic mass is 10.1. The number of hydrogen-bond donors (Lipinski definition) is 1. The summed E-state index contributed by atoms with van der Waals surface area (Å²) in [5.41, 5.74) is 6.95. The summed E-state index contributed by atoms with van der Waals surface area (Å²) in [5.74, 6) is 0. The van der Waals surface area contributed by atoms with Crippen LogP contribution in [0.4, 0.5) is 0 Å². The molecule has 0 bridgehead atoms. The molecular weight excluding hydrogens is 214 g/mol. The minimum Gasteiger partial charge on any atom is -0.330 e. The highest BCUT2D eigenvalue weighted by atomic mass is 35.5. The van der Waals surface area contributed by atoms with Gasteiger partial charge in [-0.05, 0) is 49.0 Å². The Kier molecular flexibility index (Phi) is 2.77. The predicted octanol–water partition coefficient (Wildman–Crippen LogP) is 3.36.